The van der Waals surface area contributed by atoms with Crippen molar-refractivity contribution in [2.24, 2.45) is 0 Å². The van der Waals surface area contributed by atoms with Crippen molar-refractivity contribution in [2.75, 3.05) is 11.9 Å². The molecule has 0 spiro atoms. The second kappa shape index (κ2) is 8.82. The lowest BCUT2D eigenvalue weighted by Crippen LogP contribution is -2.49. The van der Waals surface area contributed by atoms with E-state index >= 15 is 0 Å². The average molecular weight is 381 g/mol. The molecule has 0 radical (unpaired) electrons. The number of carbonyl (C=O) groups excluding carboxylic acids is 1. The number of hydrogen-bond donors (Lipinski definition) is 2. The molecule has 0 aromatic heterocycles. The van der Waals surface area contributed by atoms with Crippen LogP contribution in [-0.2, 0) is 14.3 Å². The molecule has 1 aromatic rings. The summed E-state index contributed by atoms with van der Waals surface area (Å²) < 4.78 is 11.2. The minimum absolute atomic E-state index is 0.160. The van der Waals surface area contributed by atoms with Gasteiger partial charge in [-0.1, -0.05) is 6.07 Å². The molecule has 1 unspecified atom stereocenters. The van der Waals surface area contributed by atoms with Crippen LogP contribution in [0.25, 0.3) is 0 Å². The zero-order valence-electron chi connectivity index (χ0n) is 17.1. The predicted molar refractivity (Wildman–Crippen MR) is 111 cm³/mol. The smallest absolute Gasteiger partial charge is 0.331 e. The third-order valence-electron chi connectivity index (χ3n) is 3.44. The number of anilines is 1. The van der Waals surface area contributed by atoms with E-state index in [9.17, 15) is 4.79 Å². The van der Waals surface area contributed by atoms with Gasteiger partial charge in [-0.25, -0.2) is 4.79 Å². The van der Waals surface area contributed by atoms with Crippen LogP contribution in [0.4, 0.5) is 5.69 Å². The Kier molecular flexibility index (Phi) is 7.59. The fraction of sp³-hybridized carbons (Fsp3) is 0.600. The fourth-order valence-corrected chi connectivity index (χ4v) is 2.28. The van der Waals surface area contributed by atoms with Gasteiger partial charge in [-0.2, -0.15) is 0 Å². The summed E-state index contributed by atoms with van der Waals surface area (Å²) in [7, 11) is 0. The molecule has 0 saturated heterocycles. The van der Waals surface area contributed by atoms with E-state index in [4.69, 9.17) is 21.7 Å². The number of benzene rings is 1. The largest absolute Gasteiger partial charge is 0.458 e. The minimum atomic E-state index is -0.694. The Morgan fingerprint density at radius 1 is 1.08 bits per heavy atom. The molecule has 5 nitrogen and oxygen atoms in total. The van der Waals surface area contributed by atoms with Gasteiger partial charge < -0.3 is 20.1 Å². The number of nitrogens with one attached hydrogen (secondary N) is 2. The molecule has 0 heterocycles. The summed E-state index contributed by atoms with van der Waals surface area (Å²) in [6, 6.07) is 5.29. The third kappa shape index (κ3) is 8.63. The van der Waals surface area contributed by atoms with Gasteiger partial charge >= 0.3 is 5.97 Å². The van der Waals surface area contributed by atoms with Crippen molar-refractivity contribution in [1.82, 2.24) is 5.32 Å². The molecule has 0 fully saturated rings. The maximum atomic E-state index is 12.5. The summed E-state index contributed by atoms with van der Waals surface area (Å²) in [5.74, 6) is -0.397. The molecule has 1 rings (SSSR count). The van der Waals surface area contributed by atoms with Gasteiger partial charge in [-0.3, -0.25) is 0 Å². The van der Waals surface area contributed by atoms with Gasteiger partial charge in [0, 0.05) is 5.69 Å². The fourth-order valence-electron chi connectivity index (χ4n) is 2.02. The third-order valence-corrected chi connectivity index (χ3v) is 3.66. The van der Waals surface area contributed by atoms with Crippen molar-refractivity contribution in [3.8, 4) is 0 Å². The molecule has 0 bridgehead atoms. The van der Waals surface area contributed by atoms with E-state index < -0.39 is 17.6 Å². The van der Waals surface area contributed by atoms with Crippen molar-refractivity contribution >= 4 is 29.0 Å². The van der Waals surface area contributed by atoms with E-state index in [0.29, 0.717) is 5.11 Å². The number of thiocarbonyl (C=S) groups is 1. The first kappa shape index (κ1) is 22.4. The van der Waals surface area contributed by atoms with Crippen LogP contribution < -0.4 is 10.6 Å². The molecule has 146 valence electrons. The van der Waals surface area contributed by atoms with Gasteiger partial charge in [0.2, 0.25) is 0 Å². The van der Waals surface area contributed by atoms with Gasteiger partial charge in [0.15, 0.2) is 5.11 Å². The molecule has 1 aromatic carbocycles. The molecule has 0 saturated carbocycles. The quantitative estimate of drug-likeness (QED) is 0.592. The SMILES string of the molecule is Cc1ccc(NC(=S)NC(COC(C)(C)C)C(=O)OC(C)(C)C)cc1C. The molecule has 0 aliphatic heterocycles. The summed E-state index contributed by atoms with van der Waals surface area (Å²) in [5, 5.41) is 6.48. The van der Waals surface area contributed by atoms with Crippen molar-refractivity contribution in [1.29, 1.82) is 0 Å². The van der Waals surface area contributed by atoms with Crippen LogP contribution in [0.15, 0.2) is 18.2 Å². The van der Waals surface area contributed by atoms with E-state index in [0.717, 1.165) is 11.3 Å². The molecule has 26 heavy (non-hydrogen) atoms. The zero-order chi connectivity index (χ0) is 20.1. The molecule has 6 heteroatoms. The van der Waals surface area contributed by atoms with Crippen molar-refractivity contribution < 1.29 is 14.3 Å². The highest BCUT2D eigenvalue weighted by Gasteiger charge is 2.27. The molecule has 0 amide bonds. The second-order valence-electron chi connectivity index (χ2n) is 8.41. The van der Waals surface area contributed by atoms with Crippen LogP contribution >= 0.6 is 12.2 Å². The van der Waals surface area contributed by atoms with E-state index in [1.165, 1.54) is 5.56 Å². The van der Waals surface area contributed by atoms with Gasteiger partial charge in [-0.15, -0.1) is 0 Å². The van der Waals surface area contributed by atoms with Crippen molar-refractivity contribution in [3.63, 3.8) is 0 Å². The highest BCUT2D eigenvalue weighted by Crippen LogP contribution is 2.15. The summed E-state index contributed by atoms with van der Waals surface area (Å²) in [6.07, 6.45) is 0. The zero-order valence-corrected chi connectivity index (χ0v) is 18.0. The summed E-state index contributed by atoms with van der Waals surface area (Å²) >= 11 is 5.37. The summed E-state index contributed by atoms with van der Waals surface area (Å²) in [4.78, 5) is 12.5. The Hall–Kier alpha value is -1.66. The molecule has 0 aliphatic rings. The predicted octanol–water partition coefficient (Wildman–Crippen LogP) is 4.12. The maximum absolute atomic E-state index is 12.5. The number of ether oxygens (including phenoxy) is 2. The Bertz CT molecular complexity index is 645. The number of aryl methyl sites for hydroxylation is 2. The Morgan fingerprint density at radius 3 is 2.19 bits per heavy atom. The van der Waals surface area contributed by atoms with E-state index in [1.807, 2.05) is 66.7 Å². The van der Waals surface area contributed by atoms with Crippen molar-refractivity contribution in [2.45, 2.75) is 72.6 Å². The first-order chi connectivity index (χ1) is 11.8. The highest BCUT2D eigenvalue weighted by atomic mass is 32.1. The Balaban J connectivity index is 2.80. The van der Waals surface area contributed by atoms with Crippen molar-refractivity contribution in [3.05, 3.63) is 29.3 Å². The maximum Gasteiger partial charge on any atom is 0.331 e. The molecular weight excluding hydrogens is 348 g/mol. The molecule has 2 N–H and O–H groups in total. The van der Waals surface area contributed by atoms with Gasteiger partial charge in [0.25, 0.3) is 0 Å². The van der Waals surface area contributed by atoms with Gasteiger partial charge in [0.05, 0.1) is 12.2 Å². The second-order valence-corrected chi connectivity index (χ2v) is 8.82. The molecule has 1 atom stereocenters. The lowest BCUT2D eigenvalue weighted by atomic mass is 10.1. The standard InChI is InChI=1S/C20H32N2O3S/c1-13-9-10-15(11-14(13)2)21-18(26)22-16(12-24-19(3,4)5)17(23)25-20(6,7)8/h9-11,16H,12H2,1-8H3,(H2,21,22,26). The first-order valence-electron chi connectivity index (χ1n) is 8.78. The van der Waals surface area contributed by atoms with E-state index in [2.05, 4.69) is 17.6 Å². The minimum Gasteiger partial charge on any atom is -0.458 e. The monoisotopic (exact) mass is 380 g/mol. The van der Waals surface area contributed by atoms with E-state index in [-0.39, 0.29) is 12.2 Å². The average Bonchev–Trinajstić information content (AvgIpc) is 2.44. The van der Waals surface area contributed by atoms with Crippen LogP contribution in [-0.4, -0.2) is 34.9 Å². The summed E-state index contributed by atoms with van der Waals surface area (Å²) in [6.45, 7) is 15.6. The topological polar surface area (TPSA) is 59.6 Å². The lowest BCUT2D eigenvalue weighted by Gasteiger charge is -2.28. The van der Waals surface area contributed by atoms with Gasteiger partial charge in [-0.05, 0) is 90.9 Å². The number of esters is 1. The number of carbonyl (C=O) groups is 1. The van der Waals surface area contributed by atoms with Crippen LogP contribution in [0.3, 0.4) is 0 Å². The van der Waals surface area contributed by atoms with Crippen LogP contribution in [0.2, 0.25) is 0 Å². The van der Waals surface area contributed by atoms with E-state index in [1.54, 1.807) is 0 Å². The molecule has 0 aliphatic carbocycles. The lowest BCUT2D eigenvalue weighted by molar-refractivity contribution is -0.159. The first-order valence-corrected chi connectivity index (χ1v) is 9.19. The summed E-state index contributed by atoms with van der Waals surface area (Å²) in [5.41, 5.74) is 2.29. The van der Waals surface area contributed by atoms with Gasteiger partial charge in [0.1, 0.15) is 11.6 Å². The normalized spacial score (nSPS) is 13.1. The van der Waals surface area contributed by atoms with Crippen LogP contribution in [0, 0.1) is 13.8 Å². The Morgan fingerprint density at radius 2 is 1.69 bits per heavy atom. The van der Waals surface area contributed by atoms with Crippen LogP contribution in [0.1, 0.15) is 52.7 Å². The number of hydrogen-bond acceptors (Lipinski definition) is 4. The molecular formula is C20H32N2O3S. The number of rotatable bonds is 5. The highest BCUT2D eigenvalue weighted by molar-refractivity contribution is 7.80. The Labute approximate surface area is 162 Å². The van der Waals surface area contributed by atoms with Crippen LogP contribution in [0.5, 0.6) is 0 Å².